The molecule has 0 aromatic heterocycles. The zero-order valence-corrected chi connectivity index (χ0v) is 21.2. The van der Waals surface area contributed by atoms with Gasteiger partial charge < -0.3 is 14.6 Å². The first-order chi connectivity index (χ1) is 16.5. The smallest absolute Gasteiger partial charge is 0.340 e. The molecule has 0 heterocycles. The van der Waals surface area contributed by atoms with Gasteiger partial charge in [0.2, 0.25) is 0 Å². The number of fused-ring (bicyclic) bond motifs is 1. The fraction of sp³-hybridized carbons (Fsp3) is 0.400. The van der Waals surface area contributed by atoms with E-state index >= 15 is 0 Å². The molecule has 184 valence electrons. The third-order valence-corrected chi connectivity index (χ3v) is 7.58. The lowest BCUT2D eigenvalue weighted by molar-refractivity contribution is -0.166. The summed E-state index contributed by atoms with van der Waals surface area (Å²) in [6.07, 6.45) is 7.60. The van der Waals surface area contributed by atoms with Crippen LogP contribution in [0.5, 0.6) is 0 Å². The van der Waals surface area contributed by atoms with Gasteiger partial charge in [-0.25, -0.2) is 9.59 Å². The minimum Gasteiger partial charge on any atom is -0.479 e. The summed E-state index contributed by atoms with van der Waals surface area (Å²) in [5.41, 5.74) is 5.81. The maximum absolute atomic E-state index is 11.9. The van der Waals surface area contributed by atoms with Crippen molar-refractivity contribution in [3.8, 4) is 11.1 Å². The molecule has 1 unspecified atom stereocenters. The van der Waals surface area contributed by atoms with Gasteiger partial charge in [-0.3, -0.25) is 0 Å². The van der Waals surface area contributed by atoms with Gasteiger partial charge in [-0.1, -0.05) is 76.2 Å². The highest BCUT2D eigenvalue weighted by Gasteiger charge is 2.39. The Morgan fingerprint density at radius 1 is 0.914 bits per heavy atom. The van der Waals surface area contributed by atoms with Gasteiger partial charge in [-0.15, -0.1) is 0 Å². The van der Waals surface area contributed by atoms with Gasteiger partial charge >= 0.3 is 11.9 Å². The molecular weight excluding hydrogens is 440 g/mol. The molecule has 0 fully saturated rings. The molecule has 0 radical (unpaired) electrons. The van der Waals surface area contributed by atoms with Gasteiger partial charge in [-0.2, -0.15) is 0 Å². The Balaban J connectivity index is 1.62. The Hall–Kier alpha value is -3.18. The van der Waals surface area contributed by atoms with Crippen molar-refractivity contribution in [2.45, 2.75) is 63.4 Å². The van der Waals surface area contributed by atoms with Gasteiger partial charge in [0, 0.05) is 6.42 Å². The van der Waals surface area contributed by atoms with E-state index in [2.05, 4.69) is 62.8 Å². The summed E-state index contributed by atoms with van der Waals surface area (Å²) in [5, 5.41) is 9.74. The minimum absolute atomic E-state index is 0.123. The van der Waals surface area contributed by atoms with Gasteiger partial charge in [0.1, 0.15) is 6.61 Å². The number of methoxy groups -OCH3 is 1. The monoisotopic (exact) mass is 474 g/mol. The molecule has 2 aromatic carbocycles. The number of carboxylic acids is 1. The van der Waals surface area contributed by atoms with Crippen molar-refractivity contribution in [1.82, 2.24) is 0 Å². The van der Waals surface area contributed by atoms with Crippen molar-refractivity contribution < 1.29 is 24.2 Å². The zero-order valence-electron chi connectivity index (χ0n) is 21.2. The molecule has 5 heteroatoms. The molecule has 5 nitrogen and oxygen atoms in total. The van der Waals surface area contributed by atoms with E-state index in [0.717, 1.165) is 23.1 Å². The van der Waals surface area contributed by atoms with E-state index in [1.54, 1.807) is 6.08 Å². The maximum atomic E-state index is 11.9. The number of aliphatic carboxylic acids is 1. The Morgan fingerprint density at radius 3 is 2.20 bits per heavy atom. The van der Waals surface area contributed by atoms with Crippen LogP contribution in [0.4, 0.5) is 0 Å². The number of ether oxygens (including phenoxy) is 2. The standard InChI is InChI=1S/C30H34O5/c1-28(2)15-16-29(3,4)25-18-23(9-10-24(25)28)22-8-6-7-21(17-22)20-11-13-30(14-12-20,27(32)33)35-19-26(31)34-5/h6-13,17-18H,14-16,19H2,1-5H3,(H,32,33). The number of hydrogen-bond acceptors (Lipinski definition) is 4. The van der Waals surface area contributed by atoms with Crippen molar-refractivity contribution >= 4 is 17.5 Å². The van der Waals surface area contributed by atoms with Gasteiger partial charge in [-0.05, 0) is 69.2 Å². The summed E-state index contributed by atoms with van der Waals surface area (Å²) in [4.78, 5) is 23.4. The third kappa shape index (κ3) is 4.83. The van der Waals surface area contributed by atoms with E-state index < -0.39 is 24.1 Å². The van der Waals surface area contributed by atoms with Crippen LogP contribution in [0.3, 0.4) is 0 Å². The molecule has 4 rings (SSSR count). The Morgan fingerprint density at radius 2 is 1.57 bits per heavy atom. The quantitative estimate of drug-likeness (QED) is 0.515. The second-order valence-electron chi connectivity index (χ2n) is 10.9. The lowest BCUT2D eigenvalue weighted by atomic mass is 9.63. The SMILES string of the molecule is COC(=O)COC1(C(=O)O)C=CC(c2cccc(-c3ccc4c(c3)C(C)(C)CCC4(C)C)c2)=CC1. The summed E-state index contributed by atoms with van der Waals surface area (Å²) in [6, 6.07) is 15.1. The average Bonchev–Trinajstić information content (AvgIpc) is 2.85. The van der Waals surface area contributed by atoms with Crippen LogP contribution >= 0.6 is 0 Å². The van der Waals surface area contributed by atoms with Crippen LogP contribution in [0.2, 0.25) is 0 Å². The van der Waals surface area contributed by atoms with Crippen LogP contribution in [0.1, 0.15) is 63.6 Å². The molecule has 0 saturated heterocycles. The van der Waals surface area contributed by atoms with E-state index in [4.69, 9.17) is 4.74 Å². The molecular formula is C30H34O5. The van der Waals surface area contributed by atoms with Crippen molar-refractivity contribution in [2.24, 2.45) is 0 Å². The molecule has 2 aromatic rings. The second kappa shape index (κ2) is 9.12. The summed E-state index contributed by atoms with van der Waals surface area (Å²) in [5.74, 6) is -1.75. The molecule has 0 amide bonds. The van der Waals surface area contributed by atoms with E-state index in [0.29, 0.717) is 0 Å². The number of carbonyl (C=O) groups excluding carboxylic acids is 1. The lowest BCUT2D eigenvalue weighted by Gasteiger charge is -2.42. The van der Waals surface area contributed by atoms with Gasteiger partial charge in [0.15, 0.2) is 5.60 Å². The number of carboxylic acid groups (broad SMARTS) is 1. The molecule has 2 aliphatic carbocycles. The van der Waals surface area contributed by atoms with Crippen LogP contribution in [-0.2, 0) is 29.9 Å². The van der Waals surface area contributed by atoms with E-state index in [-0.39, 0.29) is 17.3 Å². The minimum atomic E-state index is -1.58. The third-order valence-electron chi connectivity index (χ3n) is 7.58. The van der Waals surface area contributed by atoms with E-state index in [9.17, 15) is 14.7 Å². The molecule has 2 aliphatic rings. The van der Waals surface area contributed by atoms with Crippen LogP contribution in [0, 0.1) is 0 Å². The highest BCUT2D eigenvalue weighted by atomic mass is 16.6. The molecule has 0 saturated carbocycles. The topological polar surface area (TPSA) is 72.8 Å². The number of esters is 1. The molecule has 35 heavy (non-hydrogen) atoms. The van der Waals surface area contributed by atoms with Gasteiger partial charge in [0.05, 0.1) is 7.11 Å². The molecule has 0 bridgehead atoms. The Kier molecular flexibility index (Phi) is 6.50. The molecule has 0 spiro atoms. The van der Waals surface area contributed by atoms with Crippen molar-refractivity contribution in [1.29, 1.82) is 0 Å². The second-order valence-corrected chi connectivity index (χ2v) is 10.9. The summed E-state index contributed by atoms with van der Waals surface area (Å²) in [6.45, 7) is 8.90. The van der Waals surface area contributed by atoms with Crippen LogP contribution < -0.4 is 0 Å². The van der Waals surface area contributed by atoms with E-state index in [1.165, 1.54) is 36.3 Å². The fourth-order valence-corrected chi connectivity index (χ4v) is 5.06. The summed E-state index contributed by atoms with van der Waals surface area (Å²) < 4.78 is 10.0. The first-order valence-corrected chi connectivity index (χ1v) is 12.1. The molecule has 1 atom stereocenters. The number of benzene rings is 2. The number of carbonyl (C=O) groups is 2. The number of hydrogen-bond donors (Lipinski definition) is 1. The van der Waals surface area contributed by atoms with Crippen molar-refractivity contribution in [3.05, 3.63) is 77.4 Å². The van der Waals surface area contributed by atoms with Crippen LogP contribution in [0.25, 0.3) is 16.7 Å². The summed E-state index contributed by atoms with van der Waals surface area (Å²) in [7, 11) is 1.24. The highest BCUT2D eigenvalue weighted by molar-refractivity contribution is 5.86. The first-order valence-electron chi connectivity index (χ1n) is 12.1. The number of rotatable bonds is 6. The van der Waals surface area contributed by atoms with Crippen LogP contribution in [-0.4, -0.2) is 36.4 Å². The zero-order chi connectivity index (χ0) is 25.4. The van der Waals surface area contributed by atoms with E-state index in [1.807, 2.05) is 18.2 Å². The van der Waals surface area contributed by atoms with Crippen LogP contribution in [0.15, 0.2) is 60.7 Å². The maximum Gasteiger partial charge on any atom is 0.340 e. The number of allylic oxidation sites excluding steroid dienone is 2. The summed E-state index contributed by atoms with van der Waals surface area (Å²) >= 11 is 0. The van der Waals surface area contributed by atoms with Crippen molar-refractivity contribution in [2.75, 3.05) is 13.7 Å². The van der Waals surface area contributed by atoms with Gasteiger partial charge in [0.25, 0.3) is 0 Å². The van der Waals surface area contributed by atoms with Crippen molar-refractivity contribution in [3.63, 3.8) is 0 Å². The predicted molar refractivity (Wildman–Crippen MR) is 137 cm³/mol. The fourth-order valence-electron chi connectivity index (χ4n) is 5.06. The molecule has 0 aliphatic heterocycles. The predicted octanol–water partition coefficient (Wildman–Crippen LogP) is 6.06. The molecule has 1 N–H and O–H groups in total. The largest absolute Gasteiger partial charge is 0.479 e. The Labute approximate surface area is 207 Å². The average molecular weight is 475 g/mol. The Bertz CT molecular complexity index is 1220. The lowest BCUT2D eigenvalue weighted by Crippen LogP contribution is -2.41. The normalized spacial score (nSPS) is 22.1. The highest BCUT2D eigenvalue weighted by Crippen LogP contribution is 2.47. The first kappa shape index (κ1) is 24.9.